The van der Waals surface area contributed by atoms with Crippen molar-refractivity contribution in [2.24, 2.45) is 5.84 Å². The van der Waals surface area contributed by atoms with Crippen LogP contribution in [0.1, 0.15) is 23.7 Å². The minimum absolute atomic E-state index is 0.0589. The molecule has 1 unspecified atom stereocenters. The number of thiophene rings is 1. The van der Waals surface area contributed by atoms with Gasteiger partial charge in [-0.25, -0.2) is 0 Å². The van der Waals surface area contributed by atoms with Crippen LogP contribution in [0.15, 0.2) is 23.0 Å². The Bertz CT molecular complexity index is 369. The van der Waals surface area contributed by atoms with Crippen molar-refractivity contribution >= 4 is 11.3 Å². The van der Waals surface area contributed by atoms with Crippen LogP contribution in [-0.4, -0.2) is 15.4 Å². The first-order chi connectivity index (χ1) is 7.40. The van der Waals surface area contributed by atoms with E-state index in [2.05, 4.69) is 37.7 Å². The number of hydrogen-bond donors (Lipinski definition) is 3. The monoisotopic (exact) mass is 223 g/mol. The molecule has 0 aliphatic rings. The van der Waals surface area contributed by atoms with E-state index < -0.39 is 0 Å². The first-order valence-corrected chi connectivity index (χ1v) is 5.67. The molecule has 2 heterocycles. The molecule has 0 aromatic carbocycles. The Morgan fingerprint density at radius 3 is 3.13 bits per heavy atom. The van der Waals surface area contributed by atoms with Crippen LogP contribution in [0, 0.1) is 0 Å². The lowest BCUT2D eigenvalue weighted by Crippen LogP contribution is -2.28. The summed E-state index contributed by atoms with van der Waals surface area (Å²) in [5, 5.41) is 14.6. The molecule has 80 valence electrons. The summed E-state index contributed by atoms with van der Waals surface area (Å²) in [5.74, 6) is 5.47. The number of rotatable bonds is 5. The van der Waals surface area contributed by atoms with Crippen LogP contribution in [0.5, 0.6) is 0 Å². The van der Waals surface area contributed by atoms with Crippen molar-refractivity contribution in [1.29, 1.82) is 0 Å². The van der Waals surface area contributed by atoms with Crippen LogP contribution >= 0.6 is 11.3 Å². The number of hydrogen-bond acceptors (Lipinski definition) is 5. The normalized spacial score (nSPS) is 12.9. The van der Waals surface area contributed by atoms with Gasteiger partial charge in [0, 0.05) is 0 Å². The van der Waals surface area contributed by atoms with Gasteiger partial charge in [0.15, 0.2) is 0 Å². The van der Waals surface area contributed by atoms with E-state index in [-0.39, 0.29) is 6.04 Å². The van der Waals surface area contributed by atoms with Gasteiger partial charge in [-0.05, 0) is 35.2 Å². The van der Waals surface area contributed by atoms with Crippen molar-refractivity contribution in [3.8, 4) is 0 Å². The maximum Gasteiger partial charge on any atom is 0.101 e. The highest BCUT2D eigenvalue weighted by molar-refractivity contribution is 7.07. The molecule has 0 spiro atoms. The summed E-state index contributed by atoms with van der Waals surface area (Å²) in [6.07, 6.45) is 3.60. The summed E-state index contributed by atoms with van der Waals surface area (Å²) in [7, 11) is 0. The van der Waals surface area contributed by atoms with Gasteiger partial charge in [-0.15, -0.1) is 0 Å². The largest absolute Gasteiger partial charge is 0.271 e. The number of aromatic nitrogens is 3. The molecule has 6 heteroatoms. The van der Waals surface area contributed by atoms with Crippen LogP contribution in [0.2, 0.25) is 0 Å². The first-order valence-electron chi connectivity index (χ1n) is 4.73. The number of H-pyrrole nitrogens is 1. The van der Waals surface area contributed by atoms with Gasteiger partial charge in [0.1, 0.15) is 5.69 Å². The summed E-state index contributed by atoms with van der Waals surface area (Å²) in [5.41, 5.74) is 4.94. The Morgan fingerprint density at radius 1 is 1.60 bits per heavy atom. The summed E-state index contributed by atoms with van der Waals surface area (Å²) >= 11 is 1.71. The van der Waals surface area contributed by atoms with Crippen LogP contribution in [0.25, 0.3) is 0 Å². The minimum atomic E-state index is 0.0589. The highest BCUT2D eigenvalue weighted by Gasteiger charge is 2.12. The predicted octanol–water partition coefficient (Wildman–Crippen LogP) is 1.00. The fourth-order valence-corrected chi connectivity index (χ4v) is 2.14. The molecule has 1 atom stereocenters. The molecule has 15 heavy (non-hydrogen) atoms. The lowest BCUT2D eigenvalue weighted by atomic mass is 10.1. The van der Waals surface area contributed by atoms with Crippen molar-refractivity contribution in [3.05, 3.63) is 34.3 Å². The van der Waals surface area contributed by atoms with E-state index in [0.29, 0.717) is 0 Å². The van der Waals surface area contributed by atoms with Gasteiger partial charge in [0.25, 0.3) is 0 Å². The smallest absolute Gasteiger partial charge is 0.101 e. The molecule has 0 fully saturated rings. The van der Waals surface area contributed by atoms with Gasteiger partial charge in [-0.2, -0.15) is 26.7 Å². The number of nitrogens with two attached hydrogens (primary N) is 1. The maximum absolute atomic E-state index is 5.47. The van der Waals surface area contributed by atoms with Crippen LogP contribution < -0.4 is 11.3 Å². The Kier molecular flexibility index (Phi) is 3.44. The van der Waals surface area contributed by atoms with E-state index in [0.717, 1.165) is 18.5 Å². The van der Waals surface area contributed by atoms with Crippen LogP contribution in [0.4, 0.5) is 0 Å². The predicted molar refractivity (Wildman–Crippen MR) is 59.1 cm³/mol. The number of nitrogens with zero attached hydrogens (tertiary/aromatic N) is 2. The molecular formula is C9H13N5S. The summed E-state index contributed by atoms with van der Waals surface area (Å²) in [6.45, 7) is 0. The molecule has 0 aliphatic carbocycles. The first kappa shape index (κ1) is 10.3. The second kappa shape index (κ2) is 5.01. The number of nitrogens with one attached hydrogen (secondary N) is 2. The number of aryl methyl sites for hydroxylation is 1. The van der Waals surface area contributed by atoms with Gasteiger partial charge in [0.05, 0.1) is 12.2 Å². The molecule has 0 bridgehead atoms. The molecule has 0 saturated carbocycles. The lowest BCUT2D eigenvalue weighted by molar-refractivity contribution is 0.504. The second-order valence-corrected chi connectivity index (χ2v) is 4.06. The average Bonchev–Trinajstić information content (AvgIpc) is 2.90. The molecule has 2 rings (SSSR count). The third kappa shape index (κ3) is 2.62. The van der Waals surface area contributed by atoms with Crippen molar-refractivity contribution in [2.45, 2.75) is 18.9 Å². The summed E-state index contributed by atoms with van der Waals surface area (Å²) in [4.78, 5) is 0. The standard InChI is InChI=1S/C9H13N5S/c10-12-8(9-5-11-14-13-9)2-1-7-3-4-15-6-7/h3-6,8,12H,1-2,10H2,(H,11,13,14). The highest BCUT2D eigenvalue weighted by Crippen LogP contribution is 2.16. The molecule has 0 amide bonds. The molecule has 4 N–H and O–H groups in total. The zero-order valence-electron chi connectivity index (χ0n) is 8.18. The van der Waals surface area contributed by atoms with Gasteiger partial charge in [-0.1, -0.05) is 0 Å². The highest BCUT2D eigenvalue weighted by atomic mass is 32.1. The van der Waals surface area contributed by atoms with E-state index in [1.165, 1.54) is 5.56 Å². The molecule has 0 saturated heterocycles. The summed E-state index contributed by atoms with van der Waals surface area (Å²) < 4.78 is 0. The third-order valence-corrected chi connectivity index (χ3v) is 3.03. The fourth-order valence-electron chi connectivity index (χ4n) is 1.44. The lowest BCUT2D eigenvalue weighted by Gasteiger charge is -2.11. The molecular weight excluding hydrogens is 210 g/mol. The zero-order valence-corrected chi connectivity index (χ0v) is 9.00. The zero-order chi connectivity index (χ0) is 10.5. The molecule has 0 radical (unpaired) electrons. The third-order valence-electron chi connectivity index (χ3n) is 2.29. The molecule has 0 aliphatic heterocycles. The number of aromatic amines is 1. The van der Waals surface area contributed by atoms with Crippen LogP contribution in [-0.2, 0) is 6.42 Å². The minimum Gasteiger partial charge on any atom is -0.271 e. The molecule has 2 aromatic rings. The van der Waals surface area contributed by atoms with Crippen molar-refractivity contribution in [1.82, 2.24) is 20.8 Å². The molecule has 2 aromatic heterocycles. The average molecular weight is 223 g/mol. The van der Waals surface area contributed by atoms with Gasteiger partial charge >= 0.3 is 0 Å². The Hall–Kier alpha value is -1.24. The van der Waals surface area contributed by atoms with E-state index in [4.69, 9.17) is 5.84 Å². The SMILES string of the molecule is NNC(CCc1ccsc1)c1cn[nH]n1. The number of hydrazine groups is 1. The van der Waals surface area contributed by atoms with E-state index in [1.807, 2.05) is 0 Å². The maximum atomic E-state index is 5.47. The Balaban J connectivity index is 1.92. The van der Waals surface area contributed by atoms with E-state index >= 15 is 0 Å². The van der Waals surface area contributed by atoms with Gasteiger partial charge in [0.2, 0.25) is 0 Å². The van der Waals surface area contributed by atoms with Crippen molar-refractivity contribution < 1.29 is 0 Å². The van der Waals surface area contributed by atoms with Crippen LogP contribution in [0.3, 0.4) is 0 Å². The topological polar surface area (TPSA) is 79.6 Å². The Morgan fingerprint density at radius 2 is 2.53 bits per heavy atom. The van der Waals surface area contributed by atoms with Crippen molar-refractivity contribution in [3.63, 3.8) is 0 Å². The fraction of sp³-hybridized carbons (Fsp3) is 0.333. The van der Waals surface area contributed by atoms with E-state index in [1.54, 1.807) is 17.5 Å². The van der Waals surface area contributed by atoms with Gasteiger partial charge in [-0.3, -0.25) is 11.3 Å². The molecule has 5 nitrogen and oxygen atoms in total. The van der Waals surface area contributed by atoms with Gasteiger partial charge < -0.3 is 0 Å². The van der Waals surface area contributed by atoms with E-state index in [9.17, 15) is 0 Å². The summed E-state index contributed by atoms with van der Waals surface area (Å²) in [6, 6.07) is 2.18. The quantitative estimate of drug-likeness (QED) is 0.522. The van der Waals surface area contributed by atoms with Crippen molar-refractivity contribution in [2.75, 3.05) is 0 Å². The second-order valence-electron chi connectivity index (χ2n) is 3.28. The Labute approximate surface area is 91.7 Å².